The molecule has 0 radical (unpaired) electrons. The lowest BCUT2D eigenvalue weighted by atomic mass is 9.30. The van der Waals surface area contributed by atoms with Gasteiger partial charge < -0.3 is 24.5 Å². The Bertz CT molecular complexity index is 5390. The van der Waals surface area contributed by atoms with Crippen molar-refractivity contribution in [2.75, 3.05) is 24.5 Å². The molecule has 0 bridgehead atoms. The van der Waals surface area contributed by atoms with E-state index >= 15 is 0 Å². The van der Waals surface area contributed by atoms with E-state index in [-0.39, 0.29) is 19.2 Å². The summed E-state index contributed by atoms with van der Waals surface area (Å²) >= 11 is 0. The first kappa shape index (κ1) is 53.7. The maximum atomic E-state index is 14.8. The van der Waals surface area contributed by atoms with E-state index in [0.29, 0.717) is 0 Å². The SMILES string of the molecule is Fc1ccc(-c2c3ccccc3c(-c3cc4c5c(c3)N(c3ccccc3)c3cc6c(cc3B5c3ccccc3N4c3ccccc3)B3c4ccccc4N(c4ccccc4)c4cc(N(c5ccccc5)c5ccccc5)cc(c43)N6c3ccccc3)c3ccccc23)cc1. The molecule has 4 aliphatic heterocycles. The number of para-hydroxylation sites is 8. The molecular weight excluding hydrogens is 1140 g/mol. The summed E-state index contributed by atoms with van der Waals surface area (Å²) in [7, 11) is 0. The molecule has 0 amide bonds. The topological polar surface area (TPSA) is 16.2 Å². The van der Waals surface area contributed by atoms with Crippen molar-refractivity contribution in [2.45, 2.75) is 0 Å². The zero-order valence-electron chi connectivity index (χ0n) is 51.1. The Morgan fingerprint density at radius 1 is 0.234 bits per heavy atom. The molecule has 0 spiro atoms. The fourth-order valence-corrected chi connectivity index (χ4v) is 16.0. The Balaban J connectivity index is 0.935. The van der Waals surface area contributed by atoms with Crippen LogP contribution in [0.15, 0.2) is 340 Å². The monoisotopic (exact) mass is 1200 g/mol. The minimum absolute atomic E-state index is 0.176. The fraction of sp³-hybridized carbons (Fsp3) is 0. The van der Waals surface area contributed by atoms with E-state index < -0.39 is 0 Å². The van der Waals surface area contributed by atoms with Gasteiger partial charge in [0, 0.05) is 79.6 Å². The Kier molecular flexibility index (Phi) is 12.3. The molecule has 0 fully saturated rings. The maximum absolute atomic E-state index is 14.8. The summed E-state index contributed by atoms with van der Waals surface area (Å²) < 4.78 is 14.8. The van der Waals surface area contributed by atoms with E-state index in [9.17, 15) is 4.39 Å². The lowest BCUT2D eigenvalue weighted by molar-refractivity contribution is 0.628. The third-order valence-corrected chi connectivity index (χ3v) is 19.8. The summed E-state index contributed by atoms with van der Waals surface area (Å²) in [4.78, 5) is 12.6. The molecule has 4 aliphatic rings. The van der Waals surface area contributed by atoms with E-state index in [1.165, 1.54) is 32.8 Å². The van der Waals surface area contributed by atoms with Crippen molar-refractivity contribution in [3.05, 3.63) is 346 Å². The number of hydrogen-bond donors (Lipinski definition) is 0. The van der Waals surface area contributed by atoms with Crippen LogP contribution in [0.4, 0.5) is 89.7 Å². The lowest BCUT2D eigenvalue weighted by Crippen LogP contribution is -2.65. The molecule has 4 heterocycles. The Morgan fingerprint density at radius 2 is 0.553 bits per heavy atom. The van der Waals surface area contributed by atoms with Crippen LogP contribution in [0.25, 0.3) is 43.8 Å². The molecule has 0 aliphatic carbocycles. The van der Waals surface area contributed by atoms with Gasteiger partial charge in [0.2, 0.25) is 0 Å². The number of benzene rings is 15. The Morgan fingerprint density at radius 3 is 0.947 bits per heavy atom. The van der Waals surface area contributed by atoms with Crippen LogP contribution >= 0.6 is 0 Å². The molecule has 15 aromatic carbocycles. The predicted molar refractivity (Wildman–Crippen MR) is 395 cm³/mol. The number of anilines is 15. The van der Waals surface area contributed by atoms with Gasteiger partial charge in [-0.15, -0.1) is 0 Å². The molecule has 5 nitrogen and oxygen atoms in total. The highest BCUT2D eigenvalue weighted by Gasteiger charge is 2.49. The van der Waals surface area contributed by atoms with Gasteiger partial charge in [0.1, 0.15) is 5.82 Å². The van der Waals surface area contributed by atoms with Gasteiger partial charge in [0.05, 0.1) is 5.69 Å². The second-order valence-corrected chi connectivity index (χ2v) is 24.8. The fourth-order valence-electron chi connectivity index (χ4n) is 16.0. The molecule has 0 saturated carbocycles. The van der Waals surface area contributed by atoms with Crippen LogP contribution in [0, 0.1) is 5.82 Å². The normalized spacial score (nSPS) is 13.0. The van der Waals surface area contributed by atoms with Crippen molar-refractivity contribution in [3.8, 4) is 22.3 Å². The minimum atomic E-state index is -0.255. The number of nitrogens with zero attached hydrogens (tertiary/aromatic N) is 5. The van der Waals surface area contributed by atoms with Crippen LogP contribution < -0.4 is 57.3 Å². The second-order valence-electron chi connectivity index (χ2n) is 24.8. The smallest absolute Gasteiger partial charge is 0.252 e. The molecule has 0 aromatic heterocycles. The summed E-state index contributed by atoms with van der Waals surface area (Å²) in [5, 5.41) is 4.45. The van der Waals surface area contributed by atoms with Crippen molar-refractivity contribution >= 4 is 153 Å². The molecule has 438 valence electrons. The van der Waals surface area contributed by atoms with Crippen LogP contribution in [0.1, 0.15) is 0 Å². The standard InChI is InChI=1S/C86H56B2FN5/c89-59-49-47-57(48-50-59)83-67-39-19-21-41-69(67)84(70-42-22-20-40-68(70)83)58-51-79-85-80(52-58)93(64-35-15-5-16-36-64)77-56-78-74(55-73(77)87(85)71-43-23-25-45-75(71)91(79)62-31-11-3-12-32-62)88-72-44-24-26-46-76(72)92(63-33-13-4-14-34-63)81-53-66(54-82(86(81)88)94(78)65-37-17-6-18-38-65)90(60-27-7-1-8-28-60)61-29-9-2-10-30-61/h1-56H. The zero-order chi connectivity index (χ0) is 62.0. The molecule has 0 unspecified atom stereocenters. The van der Waals surface area contributed by atoms with Gasteiger partial charge in [0.15, 0.2) is 0 Å². The second kappa shape index (κ2) is 21.5. The van der Waals surface area contributed by atoms with Crippen LogP contribution in [0.2, 0.25) is 0 Å². The quantitative estimate of drug-likeness (QED) is 0.105. The number of hydrogen-bond acceptors (Lipinski definition) is 5. The molecule has 0 saturated heterocycles. The molecule has 19 rings (SSSR count). The summed E-state index contributed by atoms with van der Waals surface area (Å²) in [5.41, 5.74) is 28.2. The highest BCUT2D eigenvalue weighted by molar-refractivity contribution is 7.03. The first-order valence-electron chi connectivity index (χ1n) is 32.3. The maximum Gasteiger partial charge on any atom is 0.252 e. The van der Waals surface area contributed by atoms with Crippen LogP contribution in [0.3, 0.4) is 0 Å². The van der Waals surface area contributed by atoms with Gasteiger partial charge in [-0.25, -0.2) is 4.39 Å². The lowest BCUT2D eigenvalue weighted by Gasteiger charge is -2.47. The van der Waals surface area contributed by atoms with Gasteiger partial charge in [-0.2, -0.15) is 0 Å². The number of rotatable bonds is 9. The first-order chi connectivity index (χ1) is 46.6. The molecule has 15 aromatic rings. The molecule has 8 heteroatoms. The van der Waals surface area contributed by atoms with Crippen molar-refractivity contribution in [1.29, 1.82) is 0 Å². The first-order valence-corrected chi connectivity index (χ1v) is 32.3. The molecular formula is C86H56B2FN5. The van der Waals surface area contributed by atoms with E-state index in [2.05, 4.69) is 340 Å². The third-order valence-electron chi connectivity index (χ3n) is 19.8. The van der Waals surface area contributed by atoms with E-state index in [1.807, 2.05) is 12.1 Å². The zero-order valence-corrected chi connectivity index (χ0v) is 51.1. The minimum Gasteiger partial charge on any atom is -0.311 e. The van der Waals surface area contributed by atoms with Crippen LogP contribution in [-0.2, 0) is 0 Å². The van der Waals surface area contributed by atoms with Crippen molar-refractivity contribution in [1.82, 2.24) is 0 Å². The Labute approximate surface area is 546 Å². The summed E-state index contributed by atoms with van der Waals surface area (Å²) in [6, 6.07) is 123. The van der Waals surface area contributed by atoms with Gasteiger partial charge in [0.25, 0.3) is 13.4 Å². The highest BCUT2D eigenvalue weighted by Crippen LogP contribution is 2.53. The van der Waals surface area contributed by atoms with Gasteiger partial charge in [-0.1, -0.05) is 212 Å². The van der Waals surface area contributed by atoms with Crippen molar-refractivity contribution in [2.24, 2.45) is 0 Å². The van der Waals surface area contributed by atoms with E-state index in [0.717, 1.165) is 129 Å². The van der Waals surface area contributed by atoms with Crippen LogP contribution in [-0.4, -0.2) is 13.4 Å². The molecule has 0 atom stereocenters. The summed E-state index contributed by atoms with van der Waals surface area (Å²) in [6.45, 7) is -0.368. The number of fused-ring (bicyclic) bond motifs is 10. The van der Waals surface area contributed by atoms with Gasteiger partial charge in [-0.05, 0) is 204 Å². The molecule has 94 heavy (non-hydrogen) atoms. The van der Waals surface area contributed by atoms with Crippen molar-refractivity contribution in [3.63, 3.8) is 0 Å². The molecule has 0 N–H and O–H groups in total. The average Bonchev–Trinajstić information content (AvgIpc) is 0.688. The Hall–Kier alpha value is -12.1. The third kappa shape index (κ3) is 8.22. The predicted octanol–water partition coefficient (Wildman–Crippen LogP) is 19.1. The summed E-state index contributed by atoms with van der Waals surface area (Å²) in [5.74, 6) is -0.255. The van der Waals surface area contributed by atoms with E-state index in [4.69, 9.17) is 0 Å². The highest BCUT2D eigenvalue weighted by atomic mass is 19.1. The summed E-state index contributed by atoms with van der Waals surface area (Å²) in [6.07, 6.45) is 0. The van der Waals surface area contributed by atoms with Crippen LogP contribution in [0.5, 0.6) is 0 Å². The number of halogens is 1. The van der Waals surface area contributed by atoms with Gasteiger partial charge in [-0.3, -0.25) is 0 Å². The largest absolute Gasteiger partial charge is 0.311 e. The van der Waals surface area contributed by atoms with E-state index in [1.54, 1.807) is 12.1 Å². The average molecular weight is 1200 g/mol. The van der Waals surface area contributed by atoms with Gasteiger partial charge >= 0.3 is 0 Å². The van der Waals surface area contributed by atoms with Crippen molar-refractivity contribution < 1.29 is 4.39 Å².